The van der Waals surface area contributed by atoms with Gasteiger partial charge in [-0.15, -0.1) is 11.3 Å². The Morgan fingerprint density at radius 1 is 1.26 bits per heavy atom. The maximum absolute atomic E-state index is 11.4. The molecule has 2 N–H and O–H groups in total. The molecule has 0 bridgehead atoms. The fourth-order valence-electron chi connectivity index (χ4n) is 4.55. The number of morpholine rings is 1. The Hall–Kier alpha value is -2.38. The third-order valence-corrected chi connectivity index (χ3v) is 7.08. The van der Waals surface area contributed by atoms with Crippen molar-refractivity contribution in [2.24, 2.45) is 5.41 Å². The van der Waals surface area contributed by atoms with E-state index in [0.29, 0.717) is 11.5 Å². The van der Waals surface area contributed by atoms with Gasteiger partial charge >= 0.3 is 5.97 Å². The molecule has 2 aliphatic rings. The maximum atomic E-state index is 11.4. The van der Waals surface area contributed by atoms with Crippen LogP contribution < -0.4 is 10.2 Å². The van der Waals surface area contributed by atoms with Gasteiger partial charge in [0.15, 0.2) is 0 Å². The minimum absolute atomic E-state index is 0.276. The number of carboxylic acids is 1. The third-order valence-electron chi connectivity index (χ3n) is 5.86. The van der Waals surface area contributed by atoms with Gasteiger partial charge in [-0.2, -0.15) is 0 Å². The van der Waals surface area contributed by atoms with Gasteiger partial charge in [0.25, 0.3) is 0 Å². The number of hydrogen-bond donors (Lipinski definition) is 2. The first-order chi connectivity index (χ1) is 14.8. The second-order valence-corrected chi connectivity index (χ2v) is 10.1. The van der Waals surface area contributed by atoms with Gasteiger partial charge in [0.2, 0.25) is 0 Å². The second-order valence-electron chi connectivity index (χ2n) is 8.95. The smallest absolute Gasteiger partial charge is 0.339 e. The van der Waals surface area contributed by atoms with Gasteiger partial charge in [-0.3, -0.25) is 4.79 Å². The summed E-state index contributed by atoms with van der Waals surface area (Å²) in [5.74, 6) is -0.475. The molecule has 2 aromatic rings. The van der Waals surface area contributed by atoms with Gasteiger partial charge in [0, 0.05) is 36.3 Å². The Labute approximate surface area is 188 Å². The third kappa shape index (κ3) is 5.46. The Morgan fingerprint density at radius 2 is 1.90 bits per heavy atom. The maximum Gasteiger partial charge on any atom is 0.339 e. The topological polar surface area (TPSA) is 78.9 Å². The first-order valence-electron chi connectivity index (χ1n) is 10.7. The number of carbonyl (C=O) groups is 2. The van der Waals surface area contributed by atoms with Crippen molar-refractivity contribution in [2.75, 3.05) is 43.6 Å². The number of aldehydes is 1. The van der Waals surface area contributed by atoms with E-state index < -0.39 is 5.97 Å². The van der Waals surface area contributed by atoms with Crippen molar-refractivity contribution < 1.29 is 19.4 Å². The molecule has 4 rings (SSSR count). The van der Waals surface area contributed by atoms with Crippen LogP contribution in [0.25, 0.3) is 0 Å². The number of anilines is 2. The lowest BCUT2D eigenvalue weighted by Crippen LogP contribution is -2.36. The highest BCUT2D eigenvalue weighted by Crippen LogP contribution is 2.48. The molecule has 0 saturated carbocycles. The Bertz CT molecular complexity index is 914. The zero-order chi connectivity index (χ0) is 22.6. The van der Waals surface area contributed by atoms with Crippen LogP contribution in [0.5, 0.6) is 0 Å². The van der Waals surface area contributed by atoms with Crippen LogP contribution in [0.1, 0.15) is 64.3 Å². The predicted molar refractivity (Wildman–Crippen MR) is 126 cm³/mol. The summed E-state index contributed by atoms with van der Waals surface area (Å²) in [6.07, 6.45) is 2.91. The van der Waals surface area contributed by atoms with E-state index in [4.69, 9.17) is 4.74 Å². The van der Waals surface area contributed by atoms with E-state index >= 15 is 0 Å². The number of carbonyl (C=O) groups excluding carboxylic acids is 1. The molecule has 1 aromatic heterocycles. The lowest BCUT2D eigenvalue weighted by atomic mass is 9.72. The van der Waals surface area contributed by atoms with Gasteiger partial charge in [-0.05, 0) is 54.0 Å². The molecule has 7 heteroatoms. The first kappa shape index (κ1) is 23.3. The molecule has 1 aromatic carbocycles. The molecule has 2 heterocycles. The number of carboxylic acid groups (broad SMARTS) is 1. The van der Waals surface area contributed by atoms with Crippen LogP contribution >= 0.6 is 11.3 Å². The fourth-order valence-corrected chi connectivity index (χ4v) is 6.08. The number of ether oxygens (including phenoxy) is 1. The summed E-state index contributed by atoms with van der Waals surface area (Å²) >= 11 is 1.60. The number of hydrogen-bond acceptors (Lipinski definition) is 6. The molecule has 1 unspecified atom stereocenters. The number of aromatic carboxylic acids is 1. The van der Waals surface area contributed by atoms with Crippen LogP contribution in [-0.4, -0.2) is 50.7 Å². The number of nitrogens with zero attached hydrogens (tertiary/aromatic N) is 1. The zero-order valence-corrected chi connectivity index (χ0v) is 19.6. The minimum atomic E-state index is -0.807. The molecular formula is C24H32N2O4S. The van der Waals surface area contributed by atoms with Crippen molar-refractivity contribution >= 4 is 34.3 Å². The quantitative estimate of drug-likeness (QED) is 0.653. The molecule has 0 amide bonds. The van der Waals surface area contributed by atoms with E-state index in [9.17, 15) is 14.7 Å². The van der Waals surface area contributed by atoms with E-state index in [1.807, 2.05) is 24.3 Å². The molecular weight excluding hydrogens is 412 g/mol. The normalized spacial score (nSPS) is 19.6. The summed E-state index contributed by atoms with van der Waals surface area (Å²) in [6.45, 7) is 10.1. The lowest BCUT2D eigenvalue weighted by Gasteiger charge is -2.33. The molecule has 0 radical (unpaired) electrons. The molecule has 6 nitrogen and oxygen atoms in total. The molecule has 168 valence electrons. The Balaban J connectivity index is 0.000000179. The van der Waals surface area contributed by atoms with Gasteiger partial charge < -0.3 is 20.1 Å². The van der Waals surface area contributed by atoms with Crippen molar-refractivity contribution in [2.45, 2.75) is 39.5 Å². The van der Waals surface area contributed by atoms with E-state index in [-0.39, 0.29) is 5.41 Å². The van der Waals surface area contributed by atoms with E-state index in [1.165, 1.54) is 10.6 Å². The molecule has 31 heavy (non-hydrogen) atoms. The molecule has 1 atom stereocenters. The summed E-state index contributed by atoms with van der Waals surface area (Å²) in [4.78, 5) is 25.4. The van der Waals surface area contributed by atoms with Crippen molar-refractivity contribution in [3.63, 3.8) is 0 Å². The molecule has 1 fully saturated rings. The van der Waals surface area contributed by atoms with Crippen LogP contribution in [0.15, 0.2) is 24.3 Å². The SMILES string of the molecule is CNc1sc2c(c1C(=O)O)C(C)CC(C)(C)C2.O=Cc1ccc(N2CCOCC2)cc1. The Morgan fingerprint density at radius 3 is 2.45 bits per heavy atom. The van der Waals surface area contributed by atoms with Crippen LogP contribution in [0, 0.1) is 5.41 Å². The second kappa shape index (κ2) is 9.83. The monoisotopic (exact) mass is 444 g/mol. The van der Waals surface area contributed by atoms with E-state index in [0.717, 1.165) is 61.6 Å². The minimum Gasteiger partial charge on any atom is -0.478 e. The van der Waals surface area contributed by atoms with Gasteiger partial charge in [0.1, 0.15) is 11.3 Å². The summed E-state index contributed by atoms with van der Waals surface area (Å²) in [5, 5.41) is 13.2. The Kier molecular flexibility index (Phi) is 7.38. The lowest BCUT2D eigenvalue weighted by molar-refractivity contribution is 0.0695. The molecule has 1 saturated heterocycles. The number of nitrogens with one attached hydrogen (secondary N) is 1. The largest absolute Gasteiger partial charge is 0.478 e. The standard InChI is InChI=1S/C13H19NO2S.C11H13NO2/c1-7-5-13(2,3)6-8-9(7)10(12(15)16)11(14-4)17-8;13-9-10-1-3-11(4-2-10)12-5-7-14-8-6-12/h7,14H,5-6H2,1-4H3,(H,15,16);1-4,9H,5-8H2. The highest BCUT2D eigenvalue weighted by molar-refractivity contribution is 7.16. The van der Waals surface area contributed by atoms with Gasteiger partial charge in [-0.25, -0.2) is 4.79 Å². The highest BCUT2D eigenvalue weighted by Gasteiger charge is 2.36. The van der Waals surface area contributed by atoms with Crippen molar-refractivity contribution in [3.8, 4) is 0 Å². The number of benzene rings is 1. The average molecular weight is 445 g/mol. The molecule has 1 aliphatic heterocycles. The average Bonchev–Trinajstić information content (AvgIpc) is 3.13. The number of rotatable bonds is 4. The van der Waals surface area contributed by atoms with Crippen LogP contribution in [0.2, 0.25) is 0 Å². The van der Waals surface area contributed by atoms with E-state index in [1.54, 1.807) is 18.4 Å². The van der Waals surface area contributed by atoms with E-state index in [2.05, 4.69) is 31.0 Å². The first-order valence-corrected chi connectivity index (χ1v) is 11.5. The zero-order valence-electron chi connectivity index (χ0n) is 18.7. The molecule has 0 spiro atoms. The number of thiophene rings is 1. The summed E-state index contributed by atoms with van der Waals surface area (Å²) in [5.41, 5.74) is 3.72. The molecule has 1 aliphatic carbocycles. The van der Waals surface area contributed by atoms with Crippen LogP contribution in [0.3, 0.4) is 0 Å². The van der Waals surface area contributed by atoms with Crippen molar-refractivity contribution in [1.29, 1.82) is 0 Å². The van der Waals surface area contributed by atoms with Gasteiger partial charge in [-0.1, -0.05) is 20.8 Å². The van der Waals surface area contributed by atoms with Crippen molar-refractivity contribution in [1.82, 2.24) is 0 Å². The van der Waals surface area contributed by atoms with Crippen LogP contribution in [-0.2, 0) is 11.2 Å². The highest BCUT2D eigenvalue weighted by atomic mass is 32.1. The summed E-state index contributed by atoms with van der Waals surface area (Å²) < 4.78 is 5.27. The number of fused-ring (bicyclic) bond motifs is 1. The predicted octanol–water partition coefficient (Wildman–Crippen LogP) is 4.90. The van der Waals surface area contributed by atoms with Gasteiger partial charge in [0.05, 0.1) is 18.8 Å². The summed E-state index contributed by atoms with van der Waals surface area (Å²) in [6, 6.07) is 7.65. The fraction of sp³-hybridized carbons (Fsp3) is 0.500. The van der Waals surface area contributed by atoms with Crippen molar-refractivity contribution in [3.05, 3.63) is 45.8 Å². The summed E-state index contributed by atoms with van der Waals surface area (Å²) in [7, 11) is 1.79. The van der Waals surface area contributed by atoms with Crippen LogP contribution in [0.4, 0.5) is 10.7 Å².